The number of rotatable bonds is 62. The Kier molecular flexibility index (Phi) is 60.6. The maximum atomic E-state index is 12.8. The average molecular weight is 1020 g/mol. The van der Waals surface area contributed by atoms with Gasteiger partial charge in [0.15, 0.2) is 6.10 Å². The van der Waals surface area contributed by atoms with Crippen LogP contribution in [0.3, 0.4) is 0 Å². The molecule has 0 fully saturated rings. The summed E-state index contributed by atoms with van der Waals surface area (Å²) < 4.78 is 16.8. The largest absolute Gasteiger partial charge is 0.462 e. The van der Waals surface area contributed by atoms with E-state index in [4.69, 9.17) is 14.2 Å². The van der Waals surface area contributed by atoms with Crippen LogP contribution in [0.15, 0.2) is 0 Å². The third-order valence-corrected chi connectivity index (χ3v) is 15.4. The SMILES string of the molecule is CCCCCCCCCCCCCCCCCCCCCCCCCCCCCCCCCCCCC(=O)OCC(COC(=O)CCCCCCCCCCCC)OC(=O)CCCCCCCCCCCC. The van der Waals surface area contributed by atoms with Crippen LogP contribution in [0.4, 0.5) is 0 Å². The minimum absolute atomic E-state index is 0.0617. The lowest BCUT2D eigenvalue weighted by atomic mass is 10.0. The van der Waals surface area contributed by atoms with Gasteiger partial charge < -0.3 is 14.2 Å². The fourth-order valence-corrected chi connectivity index (χ4v) is 10.4. The molecule has 0 aromatic heterocycles. The van der Waals surface area contributed by atoms with E-state index in [0.717, 1.165) is 57.8 Å². The highest BCUT2D eigenvalue weighted by atomic mass is 16.6. The minimum atomic E-state index is -0.760. The Morgan fingerprint density at radius 1 is 0.222 bits per heavy atom. The van der Waals surface area contributed by atoms with Gasteiger partial charge in [-0.25, -0.2) is 0 Å². The highest BCUT2D eigenvalue weighted by Gasteiger charge is 2.19. The van der Waals surface area contributed by atoms with Gasteiger partial charge in [0.2, 0.25) is 0 Å². The van der Waals surface area contributed by atoms with Crippen molar-refractivity contribution >= 4 is 17.9 Å². The van der Waals surface area contributed by atoms with Crippen LogP contribution in [-0.2, 0) is 28.6 Å². The summed E-state index contributed by atoms with van der Waals surface area (Å²) in [6.45, 7) is 6.68. The molecule has 0 heterocycles. The molecule has 0 amide bonds. The first kappa shape index (κ1) is 70.4. The van der Waals surface area contributed by atoms with Gasteiger partial charge in [-0.2, -0.15) is 0 Å². The highest BCUT2D eigenvalue weighted by molar-refractivity contribution is 5.71. The number of ether oxygens (including phenoxy) is 3. The molecule has 72 heavy (non-hydrogen) atoms. The molecule has 0 aliphatic carbocycles. The number of esters is 3. The summed E-state index contributed by atoms with van der Waals surface area (Å²) in [6, 6.07) is 0. The van der Waals surface area contributed by atoms with Crippen LogP contribution in [0, 0.1) is 0 Å². The van der Waals surface area contributed by atoms with E-state index in [-0.39, 0.29) is 31.1 Å². The summed E-state index contributed by atoms with van der Waals surface area (Å²) in [4.78, 5) is 38.0. The van der Waals surface area contributed by atoms with Crippen molar-refractivity contribution in [1.82, 2.24) is 0 Å². The maximum Gasteiger partial charge on any atom is 0.306 e. The Hall–Kier alpha value is -1.59. The Labute approximate surface area is 450 Å². The monoisotopic (exact) mass is 1020 g/mol. The average Bonchev–Trinajstić information content (AvgIpc) is 3.38. The second kappa shape index (κ2) is 62.0. The third kappa shape index (κ3) is 59.3. The van der Waals surface area contributed by atoms with Gasteiger partial charge in [0.25, 0.3) is 0 Å². The summed E-state index contributed by atoms with van der Waals surface area (Å²) in [5, 5.41) is 0. The van der Waals surface area contributed by atoms with Crippen molar-refractivity contribution in [3.05, 3.63) is 0 Å². The molecule has 0 aromatic carbocycles. The van der Waals surface area contributed by atoms with Crippen LogP contribution < -0.4 is 0 Å². The molecule has 0 spiro atoms. The van der Waals surface area contributed by atoms with E-state index in [9.17, 15) is 14.4 Å². The number of carbonyl (C=O) groups is 3. The lowest BCUT2D eigenvalue weighted by molar-refractivity contribution is -0.167. The Balaban J connectivity index is 3.87. The summed E-state index contributed by atoms with van der Waals surface area (Å²) >= 11 is 0. The second-order valence-electron chi connectivity index (χ2n) is 22.8. The molecule has 0 N–H and O–H groups in total. The highest BCUT2D eigenvalue weighted by Crippen LogP contribution is 2.19. The molecule has 0 rings (SSSR count). The van der Waals surface area contributed by atoms with Crippen LogP contribution in [-0.4, -0.2) is 37.2 Å². The third-order valence-electron chi connectivity index (χ3n) is 15.4. The van der Waals surface area contributed by atoms with Crippen LogP contribution >= 0.6 is 0 Å². The number of hydrogen-bond donors (Lipinski definition) is 0. The zero-order chi connectivity index (χ0) is 52.2. The molecule has 6 heteroatoms. The first-order valence-electron chi connectivity index (χ1n) is 33.0. The van der Waals surface area contributed by atoms with Crippen molar-refractivity contribution in [2.45, 2.75) is 393 Å². The zero-order valence-corrected chi connectivity index (χ0v) is 49.2. The standard InChI is InChI=1S/C66H128O6/c1-4-7-10-13-16-19-22-23-24-25-26-27-28-29-30-31-32-33-34-35-36-37-38-39-40-41-42-43-44-45-48-50-53-56-59-65(68)71-62-63(72-66(69)60-57-54-51-47-21-18-15-12-9-6-3)61-70-64(67)58-55-52-49-46-20-17-14-11-8-5-2/h63H,4-62H2,1-3H3. The fraction of sp³-hybridized carbons (Fsp3) is 0.955. The normalized spacial score (nSPS) is 11.9. The molecular weight excluding hydrogens is 889 g/mol. The topological polar surface area (TPSA) is 78.9 Å². The fourth-order valence-electron chi connectivity index (χ4n) is 10.4. The van der Waals surface area contributed by atoms with Crippen molar-refractivity contribution in [3.8, 4) is 0 Å². The number of unbranched alkanes of at least 4 members (excludes halogenated alkanes) is 51. The lowest BCUT2D eigenvalue weighted by Gasteiger charge is -2.18. The van der Waals surface area contributed by atoms with Crippen LogP contribution in [0.5, 0.6) is 0 Å². The van der Waals surface area contributed by atoms with Crippen molar-refractivity contribution in [2.24, 2.45) is 0 Å². The molecular formula is C66H128O6. The van der Waals surface area contributed by atoms with Gasteiger partial charge in [-0.05, 0) is 19.3 Å². The first-order chi connectivity index (χ1) is 35.5. The van der Waals surface area contributed by atoms with Crippen molar-refractivity contribution in [2.75, 3.05) is 13.2 Å². The Morgan fingerprint density at radius 2 is 0.375 bits per heavy atom. The van der Waals surface area contributed by atoms with E-state index in [1.54, 1.807) is 0 Å². The quantitative estimate of drug-likeness (QED) is 0.0343. The van der Waals surface area contributed by atoms with Crippen molar-refractivity contribution in [1.29, 1.82) is 0 Å². The van der Waals surface area contributed by atoms with E-state index in [1.807, 2.05) is 0 Å². The number of hydrogen-bond acceptors (Lipinski definition) is 6. The van der Waals surface area contributed by atoms with Gasteiger partial charge in [0, 0.05) is 19.3 Å². The predicted octanol–water partition coefficient (Wildman–Crippen LogP) is 22.3. The van der Waals surface area contributed by atoms with Gasteiger partial charge in [-0.15, -0.1) is 0 Å². The van der Waals surface area contributed by atoms with Crippen molar-refractivity contribution < 1.29 is 28.6 Å². The number of carbonyl (C=O) groups excluding carboxylic acids is 3. The summed E-state index contributed by atoms with van der Waals surface area (Å²) in [7, 11) is 0. The van der Waals surface area contributed by atoms with Crippen molar-refractivity contribution in [3.63, 3.8) is 0 Å². The van der Waals surface area contributed by atoms with Gasteiger partial charge in [-0.3, -0.25) is 14.4 Å². The zero-order valence-electron chi connectivity index (χ0n) is 49.2. The van der Waals surface area contributed by atoms with Gasteiger partial charge >= 0.3 is 17.9 Å². The molecule has 0 aliphatic rings. The maximum absolute atomic E-state index is 12.8. The summed E-state index contributed by atoms with van der Waals surface area (Å²) in [5.41, 5.74) is 0. The Bertz CT molecular complexity index is 1080. The summed E-state index contributed by atoms with van der Waals surface area (Å²) in [6.07, 6.45) is 71.7. The van der Waals surface area contributed by atoms with E-state index in [0.29, 0.717) is 19.3 Å². The molecule has 0 bridgehead atoms. The van der Waals surface area contributed by atoms with Gasteiger partial charge in [0.1, 0.15) is 13.2 Å². The smallest absolute Gasteiger partial charge is 0.306 e. The van der Waals surface area contributed by atoms with E-state index >= 15 is 0 Å². The van der Waals surface area contributed by atoms with Crippen LogP contribution in [0.25, 0.3) is 0 Å². The predicted molar refractivity (Wildman–Crippen MR) is 312 cm³/mol. The Morgan fingerprint density at radius 3 is 0.556 bits per heavy atom. The molecule has 0 radical (unpaired) electrons. The van der Waals surface area contributed by atoms with Gasteiger partial charge in [-0.1, -0.05) is 348 Å². The molecule has 428 valence electrons. The molecule has 1 unspecified atom stereocenters. The molecule has 1 atom stereocenters. The minimum Gasteiger partial charge on any atom is -0.462 e. The van der Waals surface area contributed by atoms with E-state index in [1.165, 1.54) is 289 Å². The molecule has 0 aliphatic heterocycles. The molecule has 0 saturated carbocycles. The molecule has 6 nitrogen and oxygen atoms in total. The molecule has 0 aromatic rings. The van der Waals surface area contributed by atoms with E-state index in [2.05, 4.69) is 20.8 Å². The molecule has 0 saturated heterocycles. The van der Waals surface area contributed by atoms with Gasteiger partial charge in [0.05, 0.1) is 0 Å². The lowest BCUT2D eigenvalue weighted by Crippen LogP contribution is -2.30. The van der Waals surface area contributed by atoms with Crippen LogP contribution in [0.2, 0.25) is 0 Å². The van der Waals surface area contributed by atoms with Crippen LogP contribution in [0.1, 0.15) is 387 Å². The second-order valence-corrected chi connectivity index (χ2v) is 22.8. The first-order valence-corrected chi connectivity index (χ1v) is 33.0. The summed E-state index contributed by atoms with van der Waals surface area (Å²) in [5.74, 6) is -0.838. The van der Waals surface area contributed by atoms with E-state index < -0.39 is 6.10 Å².